The van der Waals surface area contributed by atoms with Gasteiger partial charge in [-0.1, -0.05) is 5.16 Å². The monoisotopic (exact) mass is 344 g/mol. The maximum Gasteiger partial charge on any atom is 0.317 e. The third kappa shape index (κ3) is 3.12. The van der Waals surface area contributed by atoms with E-state index in [1.54, 1.807) is 6.92 Å². The molecule has 0 aromatic carbocycles. The van der Waals surface area contributed by atoms with Gasteiger partial charge in [-0.2, -0.15) is 10.1 Å². The van der Waals surface area contributed by atoms with Crippen molar-refractivity contribution in [1.29, 1.82) is 0 Å². The molecular formula is C17H24N6O2. The second-order valence-corrected chi connectivity index (χ2v) is 7.02. The lowest BCUT2D eigenvalue weighted by Crippen LogP contribution is -2.46. The zero-order valence-electron chi connectivity index (χ0n) is 14.7. The Balaban J connectivity index is 1.43. The van der Waals surface area contributed by atoms with E-state index in [9.17, 15) is 4.79 Å². The molecule has 134 valence electrons. The van der Waals surface area contributed by atoms with Crippen LogP contribution in [0.5, 0.6) is 0 Å². The van der Waals surface area contributed by atoms with E-state index >= 15 is 0 Å². The van der Waals surface area contributed by atoms with Gasteiger partial charge in [-0.25, -0.2) is 4.79 Å². The molecule has 8 heteroatoms. The van der Waals surface area contributed by atoms with E-state index in [1.807, 2.05) is 22.8 Å². The number of rotatable bonds is 2. The standard InChI is InChI=1S/C17H24N6O2/c1-11-19-16(21-25-11)12-5-4-8-23(10-12)17(24)20-14-6-3-7-15-13(14)9-18-22(15)2/h9,12,14H,3-8,10H2,1-2H3,(H,20,24)/t12-,14-/m1/s1. The van der Waals surface area contributed by atoms with Crippen molar-refractivity contribution in [2.24, 2.45) is 7.05 Å². The first kappa shape index (κ1) is 16.1. The van der Waals surface area contributed by atoms with E-state index < -0.39 is 0 Å². The number of aromatic nitrogens is 4. The summed E-state index contributed by atoms with van der Waals surface area (Å²) in [5.74, 6) is 1.43. The summed E-state index contributed by atoms with van der Waals surface area (Å²) >= 11 is 0. The van der Waals surface area contributed by atoms with Crippen molar-refractivity contribution < 1.29 is 9.32 Å². The zero-order chi connectivity index (χ0) is 17.4. The van der Waals surface area contributed by atoms with E-state index in [4.69, 9.17) is 4.52 Å². The van der Waals surface area contributed by atoms with Crippen molar-refractivity contribution in [3.05, 3.63) is 29.2 Å². The molecule has 0 unspecified atom stereocenters. The van der Waals surface area contributed by atoms with Crippen LogP contribution in [-0.4, -0.2) is 43.9 Å². The molecule has 1 aliphatic heterocycles. The van der Waals surface area contributed by atoms with Crippen molar-refractivity contribution in [3.63, 3.8) is 0 Å². The molecule has 4 rings (SSSR count). The van der Waals surface area contributed by atoms with E-state index in [0.717, 1.165) is 44.2 Å². The molecule has 2 aromatic rings. The average Bonchev–Trinajstić information content (AvgIpc) is 3.22. The summed E-state index contributed by atoms with van der Waals surface area (Å²) in [4.78, 5) is 19.0. The fraction of sp³-hybridized carbons (Fsp3) is 0.647. The highest BCUT2D eigenvalue weighted by Gasteiger charge is 2.30. The van der Waals surface area contributed by atoms with Gasteiger partial charge >= 0.3 is 6.03 Å². The minimum atomic E-state index is -0.00776. The number of likely N-dealkylation sites (tertiary alicyclic amines) is 1. The number of carbonyl (C=O) groups excluding carboxylic acids is 1. The third-order valence-electron chi connectivity index (χ3n) is 5.29. The summed E-state index contributed by atoms with van der Waals surface area (Å²) in [5, 5.41) is 11.6. The lowest BCUT2D eigenvalue weighted by Gasteiger charge is -2.33. The van der Waals surface area contributed by atoms with Crippen molar-refractivity contribution in [2.75, 3.05) is 13.1 Å². The Morgan fingerprint density at radius 3 is 3.04 bits per heavy atom. The summed E-state index contributed by atoms with van der Waals surface area (Å²) in [6.07, 6.45) is 6.89. The van der Waals surface area contributed by atoms with Crippen molar-refractivity contribution in [1.82, 2.24) is 30.1 Å². The molecule has 2 aromatic heterocycles. The molecule has 3 heterocycles. The number of carbonyl (C=O) groups is 1. The molecule has 0 radical (unpaired) electrons. The number of fused-ring (bicyclic) bond motifs is 1. The normalized spacial score (nSPS) is 23.4. The fourth-order valence-corrected chi connectivity index (χ4v) is 3.95. The van der Waals surface area contributed by atoms with Gasteiger partial charge in [0.25, 0.3) is 0 Å². The van der Waals surface area contributed by atoms with Crippen LogP contribution in [0.15, 0.2) is 10.7 Å². The Morgan fingerprint density at radius 1 is 1.36 bits per heavy atom. The van der Waals surface area contributed by atoms with Crippen LogP contribution in [0, 0.1) is 6.92 Å². The van der Waals surface area contributed by atoms with Gasteiger partial charge in [0, 0.05) is 44.2 Å². The predicted octanol–water partition coefficient (Wildman–Crippen LogP) is 2.08. The van der Waals surface area contributed by atoms with Gasteiger partial charge in [0.05, 0.1) is 12.2 Å². The Hall–Kier alpha value is -2.38. The van der Waals surface area contributed by atoms with Crippen LogP contribution >= 0.6 is 0 Å². The lowest BCUT2D eigenvalue weighted by molar-refractivity contribution is 0.172. The largest absolute Gasteiger partial charge is 0.340 e. The van der Waals surface area contributed by atoms with Crippen LogP contribution in [0.1, 0.15) is 60.6 Å². The zero-order valence-corrected chi connectivity index (χ0v) is 14.7. The number of amides is 2. The van der Waals surface area contributed by atoms with E-state index in [2.05, 4.69) is 20.6 Å². The Labute approximate surface area is 146 Å². The molecule has 2 amide bonds. The lowest BCUT2D eigenvalue weighted by atomic mass is 9.93. The number of hydrogen-bond acceptors (Lipinski definition) is 5. The SMILES string of the molecule is Cc1nc([C@@H]2CCCN(C(=O)N[C@@H]3CCCc4c3cnn4C)C2)no1. The van der Waals surface area contributed by atoms with Crippen LogP contribution in [0.4, 0.5) is 4.79 Å². The minimum Gasteiger partial charge on any atom is -0.340 e. The van der Waals surface area contributed by atoms with Gasteiger partial charge in [0.1, 0.15) is 0 Å². The summed E-state index contributed by atoms with van der Waals surface area (Å²) in [7, 11) is 1.96. The van der Waals surface area contributed by atoms with Crippen LogP contribution in [0.25, 0.3) is 0 Å². The van der Waals surface area contributed by atoms with Crippen molar-refractivity contribution in [3.8, 4) is 0 Å². The highest BCUT2D eigenvalue weighted by molar-refractivity contribution is 5.75. The second kappa shape index (κ2) is 6.50. The first-order valence-corrected chi connectivity index (χ1v) is 8.98. The molecule has 1 aliphatic carbocycles. The number of aryl methyl sites for hydroxylation is 2. The molecule has 2 atom stereocenters. The van der Waals surface area contributed by atoms with Crippen molar-refractivity contribution >= 4 is 6.03 Å². The number of nitrogens with one attached hydrogen (secondary N) is 1. The van der Waals surface area contributed by atoms with Crippen LogP contribution in [0.3, 0.4) is 0 Å². The van der Waals surface area contributed by atoms with Crippen LogP contribution in [0.2, 0.25) is 0 Å². The summed E-state index contributed by atoms with van der Waals surface area (Å²) in [6.45, 7) is 3.20. The number of piperidine rings is 1. The highest BCUT2D eigenvalue weighted by Crippen LogP contribution is 2.30. The molecule has 2 aliphatic rings. The Bertz CT molecular complexity index is 767. The Morgan fingerprint density at radius 2 is 2.24 bits per heavy atom. The summed E-state index contributed by atoms with van der Waals surface area (Å²) < 4.78 is 7.01. The molecular weight excluding hydrogens is 320 g/mol. The molecule has 0 spiro atoms. The predicted molar refractivity (Wildman–Crippen MR) is 90.0 cm³/mol. The van der Waals surface area contributed by atoms with E-state index in [1.165, 1.54) is 5.69 Å². The number of hydrogen-bond donors (Lipinski definition) is 1. The van der Waals surface area contributed by atoms with E-state index in [0.29, 0.717) is 18.3 Å². The second-order valence-electron chi connectivity index (χ2n) is 7.02. The number of urea groups is 1. The molecule has 0 bridgehead atoms. The van der Waals surface area contributed by atoms with Crippen LogP contribution < -0.4 is 5.32 Å². The molecule has 1 fully saturated rings. The van der Waals surface area contributed by atoms with Crippen molar-refractivity contribution in [2.45, 2.75) is 51.0 Å². The fourth-order valence-electron chi connectivity index (χ4n) is 3.95. The van der Waals surface area contributed by atoms with Crippen LogP contribution in [-0.2, 0) is 13.5 Å². The van der Waals surface area contributed by atoms with Gasteiger partial charge < -0.3 is 14.7 Å². The smallest absolute Gasteiger partial charge is 0.317 e. The van der Waals surface area contributed by atoms with Gasteiger partial charge in [0.15, 0.2) is 5.82 Å². The maximum atomic E-state index is 12.8. The first-order chi connectivity index (χ1) is 12.1. The molecule has 25 heavy (non-hydrogen) atoms. The molecule has 8 nitrogen and oxygen atoms in total. The van der Waals surface area contributed by atoms with Gasteiger partial charge in [-0.3, -0.25) is 4.68 Å². The molecule has 1 saturated heterocycles. The minimum absolute atomic E-state index is 0.00776. The molecule has 1 N–H and O–H groups in total. The summed E-state index contributed by atoms with van der Waals surface area (Å²) in [6, 6.07) is 0.0457. The number of nitrogens with zero attached hydrogens (tertiary/aromatic N) is 5. The van der Waals surface area contributed by atoms with E-state index in [-0.39, 0.29) is 18.0 Å². The van der Waals surface area contributed by atoms with Gasteiger partial charge in [-0.15, -0.1) is 0 Å². The average molecular weight is 344 g/mol. The first-order valence-electron chi connectivity index (χ1n) is 8.98. The highest BCUT2D eigenvalue weighted by atomic mass is 16.5. The van der Waals surface area contributed by atoms with Gasteiger partial charge in [-0.05, 0) is 32.1 Å². The Kier molecular flexibility index (Phi) is 4.19. The maximum absolute atomic E-state index is 12.8. The molecule has 0 saturated carbocycles. The topological polar surface area (TPSA) is 89.1 Å². The quantitative estimate of drug-likeness (QED) is 0.901. The summed E-state index contributed by atoms with van der Waals surface area (Å²) in [5.41, 5.74) is 2.39. The van der Waals surface area contributed by atoms with Gasteiger partial charge in [0.2, 0.25) is 5.89 Å². The third-order valence-corrected chi connectivity index (χ3v) is 5.29.